The summed E-state index contributed by atoms with van der Waals surface area (Å²) in [5, 5.41) is 1.25. The maximum absolute atomic E-state index is 12.2. The summed E-state index contributed by atoms with van der Waals surface area (Å²) >= 11 is 0. The van der Waals surface area contributed by atoms with Crippen molar-refractivity contribution in [3.63, 3.8) is 0 Å². The van der Waals surface area contributed by atoms with Gasteiger partial charge in [-0.05, 0) is 25.0 Å². The van der Waals surface area contributed by atoms with E-state index in [4.69, 9.17) is 9.04 Å². The number of urea groups is 1. The third-order valence-electron chi connectivity index (χ3n) is 3.78. The lowest BCUT2D eigenvalue weighted by Crippen LogP contribution is -2.54. The maximum Gasteiger partial charge on any atom is 0.345 e. The van der Waals surface area contributed by atoms with Gasteiger partial charge in [-0.1, -0.05) is 0 Å². The molecule has 0 aliphatic carbocycles. The van der Waals surface area contributed by atoms with Crippen LogP contribution in [-0.4, -0.2) is 46.4 Å². The highest BCUT2D eigenvalue weighted by Crippen LogP contribution is 2.30. The van der Waals surface area contributed by atoms with Gasteiger partial charge in [0.05, 0.1) is 12.3 Å². The summed E-state index contributed by atoms with van der Waals surface area (Å²) in [6.45, 7) is 0.428. The van der Waals surface area contributed by atoms with Gasteiger partial charge >= 0.3 is 11.9 Å². The van der Waals surface area contributed by atoms with Crippen molar-refractivity contribution in [1.82, 2.24) is 20.8 Å². The van der Waals surface area contributed by atoms with E-state index in [1.54, 1.807) is 6.07 Å². The molecule has 1 aromatic rings. The van der Waals surface area contributed by atoms with Crippen LogP contribution in [0.2, 0.25) is 0 Å². The minimum atomic E-state index is -0.634. The molecule has 22 heavy (non-hydrogen) atoms. The van der Waals surface area contributed by atoms with E-state index >= 15 is 0 Å². The number of hydrogen-bond acceptors (Lipinski definition) is 5. The van der Waals surface area contributed by atoms with Crippen LogP contribution in [0.15, 0.2) is 22.8 Å². The van der Waals surface area contributed by atoms with Gasteiger partial charge in [-0.25, -0.2) is 4.79 Å². The maximum atomic E-state index is 12.2. The van der Waals surface area contributed by atoms with Crippen molar-refractivity contribution in [2.75, 3.05) is 6.54 Å². The van der Waals surface area contributed by atoms with Gasteiger partial charge < -0.3 is 9.32 Å². The molecule has 2 aliphatic heterocycles. The fourth-order valence-electron chi connectivity index (χ4n) is 2.71. The number of amides is 4. The Morgan fingerprint density at radius 2 is 2.18 bits per heavy atom. The van der Waals surface area contributed by atoms with E-state index in [2.05, 4.69) is 10.9 Å². The Bertz CT molecular complexity index is 592. The molecule has 3 atom stereocenters. The fourth-order valence-corrected chi connectivity index (χ4v) is 2.97. The number of hydroxylamine groups is 2. The molecule has 0 saturated carbocycles. The standard InChI is InChI=1S/C12H15N4O5P/c17-10(13-14-11(18)9-2-1-5-20-9)8-4-3-7-6-15(8)12(19)16(7)21-22/h1-2,5,7-8H,3-4,6,22H2,(H,13,17)(H,14,18)/t7?,8-/m0/s1. The normalized spacial score (nSPS) is 23.6. The van der Waals surface area contributed by atoms with Crippen molar-refractivity contribution in [2.45, 2.75) is 24.9 Å². The number of furan rings is 1. The molecular formula is C12H15N4O5P. The third kappa shape index (κ3) is 2.53. The number of nitrogens with one attached hydrogen (secondary N) is 2. The van der Waals surface area contributed by atoms with Crippen molar-refractivity contribution >= 4 is 27.3 Å². The van der Waals surface area contributed by atoms with Gasteiger partial charge in [-0.15, -0.1) is 0 Å². The van der Waals surface area contributed by atoms with Gasteiger partial charge in [0.25, 0.3) is 5.91 Å². The number of fused-ring (bicyclic) bond motifs is 2. The summed E-state index contributed by atoms with van der Waals surface area (Å²) in [5.41, 5.74) is 4.58. The first-order valence-corrected chi connectivity index (χ1v) is 7.19. The number of hydrogen-bond donors (Lipinski definition) is 2. The molecule has 10 heteroatoms. The minimum absolute atomic E-state index is 0.0493. The third-order valence-corrected chi connectivity index (χ3v) is 4.01. The van der Waals surface area contributed by atoms with E-state index in [1.165, 1.54) is 22.3 Å². The Morgan fingerprint density at radius 3 is 2.86 bits per heavy atom. The zero-order chi connectivity index (χ0) is 15.7. The zero-order valence-electron chi connectivity index (χ0n) is 11.5. The molecular weight excluding hydrogens is 311 g/mol. The van der Waals surface area contributed by atoms with Crippen LogP contribution in [0, 0.1) is 0 Å². The van der Waals surface area contributed by atoms with Crippen LogP contribution >= 0.6 is 9.47 Å². The van der Waals surface area contributed by atoms with E-state index in [-0.39, 0.29) is 17.8 Å². The van der Waals surface area contributed by atoms with Crippen molar-refractivity contribution in [2.24, 2.45) is 0 Å². The zero-order valence-corrected chi connectivity index (χ0v) is 12.7. The molecule has 2 unspecified atom stereocenters. The van der Waals surface area contributed by atoms with E-state index in [9.17, 15) is 14.4 Å². The molecule has 1 aromatic heterocycles. The average Bonchev–Trinajstić information content (AvgIpc) is 3.13. The van der Waals surface area contributed by atoms with Crippen LogP contribution in [-0.2, 0) is 9.42 Å². The Kier molecular flexibility index (Phi) is 4.00. The van der Waals surface area contributed by atoms with Crippen LogP contribution in [0.1, 0.15) is 23.4 Å². The molecule has 0 radical (unpaired) electrons. The summed E-state index contributed by atoms with van der Waals surface area (Å²) in [4.78, 5) is 37.4. The molecule has 118 valence electrons. The van der Waals surface area contributed by atoms with E-state index in [0.29, 0.717) is 19.4 Å². The Hall–Kier alpha value is -2.12. The molecule has 2 saturated heterocycles. The quantitative estimate of drug-likeness (QED) is 0.602. The molecule has 3 heterocycles. The second-order valence-electron chi connectivity index (χ2n) is 5.03. The van der Waals surface area contributed by atoms with Gasteiger partial charge in [-0.2, -0.15) is 5.06 Å². The van der Waals surface area contributed by atoms with E-state index in [1.807, 2.05) is 9.47 Å². The Morgan fingerprint density at radius 1 is 1.36 bits per heavy atom. The summed E-state index contributed by atoms with van der Waals surface area (Å²) in [7, 11) is 2.03. The lowest BCUT2D eigenvalue weighted by molar-refractivity contribution is -0.126. The molecule has 4 amide bonds. The predicted molar refractivity (Wildman–Crippen MR) is 75.9 cm³/mol. The van der Waals surface area contributed by atoms with E-state index < -0.39 is 17.9 Å². The topological polar surface area (TPSA) is 104 Å². The van der Waals surface area contributed by atoms with Gasteiger partial charge in [0.2, 0.25) is 0 Å². The van der Waals surface area contributed by atoms with Crippen LogP contribution in [0.25, 0.3) is 0 Å². The molecule has 2 fully saturated rings. The van der Waals surface area contributed by atoms with Gasteiger partial charge in [0, 0.05) is 16.0 Å². The smallest absolute Gasteiger partial charge is 0.345 e. The van der Waals surface area contributed by atoms with Crippen LogP contribution in [0.4, 0.5) is 4.79 Å². The number of nitrogens with zero attached hydrogens (tertiary/aromatic N) is 2. The summed E-state index contributed by atoms with van der Waals surface area (Å²) in [5.74, 6) is -0.921. The summed E-state index contributed by atoms with van der Waals surface area (Å²) in [6.07, 6.45) is 2.52. The first-order valence-electron chi connectivity index (χ1n) is 6.72. The monoisotopic (exact) mass is 326 g/mol. The number of rotatable bonds is 3. The number of piperidine rings is 1. The highest BCUT2D eigenvalue weighted by molar-refractivity contribution is 7.09. The van der Waals surface area contributed by atoms with Crippen molar-refractivity contribution in [1.29, 1.82) is 0 Å². The summed E-state index contributed by atoms with van der Waals surface area (Å²) in [6, 6.07) is 2.01. The Balaban J connectivity index is 1.59. The molecule has 2 bridgehead atoms. The first-order chi connectivity index (χ1) is 10.6. The fraction of sp³-hybridized carbons (Fsp3) is 0.417. The Labute approximate surface area is 128 Å². The van der Waals surface area contributed by atoms with Gasteiger partial charge in [-0.3, -0.25) is 25.1 Å². The lowest BCUT2D eigenvalue weighted by atomic mass is 10.0. The van der Waals surface area contributed by atoms with Gasteiger partial charge in [0.15, 0.2) is 5.76 Å². The minimum Gasteiger partial charge on any atom is -0.459 e. The lowest BCUT2D eigenvalue weighted by Gasteiger charge is -2.29. The predicted octanol–water partition coefficient (Wildman–Crippen LogP) is 0.0309. The van der Waals surface area contributed by atoms with Crippen LogP contribution in [0.3, 0.4) is 0 Å². The molecule has 3 rings (SSSR count). The van der Waals surface area contributed by atoms with Crippen molar-refractivity contribution in [3.8, 4) is 0 Å². The van der Waals surface area contributed by atoms with Crippen molar-refractivity contribution in [3.05, 3.63) is 24.2 Å². The first kappa shape index (κ1) is 14.8. The molecule has 2 N–H and O–H groups in total. The average molecular weight is 326 g/mol. The largest absolute Gasteiger partial charge is 0.459 e. The molecule has 2 aliphatic rings. The molecule has 0 aromatic carbocycles. The second-order valence-corrected chi connectivity index (χ2v) is 5.24. The summed E-state index contributed by atoms with van der Waals surface area (Å²) < 4.78 is 9.87. The molecule has 0 spiro atoms. The van der Waals surface area contributed by atoms with Crippen molar-refractivity contribution < 1.29 is 23.4 Å². The van der Waals surface area contributed by atoms with Gasteiger partial charge in [0.1, 0.15) is 6.04 Å². The second kappa shape index (κ2) is 5.94. The van der Waals surface area contributed by atoms with E-state index in [0.717, 1.165) is 0 Å². The number of carbonyl (C=O) groups excluding carboxylic acids is 3. The molecule has 9 nitrogen and oxygen atoms in total. The van der Waals surface area contributed by atoms with Crippen LogP contribution < -0.4 is 10.9 Å². The highest BCUT2D eigenvalue weighted by Gasteiger charge is 2.47. The SMILES string of the molecule is O=C(NNC(=O)[C@@H]1CCC2CN1C(=O)N2OP)c1ccco1. The highest BCUT2D eigenvalue weighted by atomic mass is 31.0. The van der Waals surface area contributed by atoms with Crippen LogP contribution in [0.5, 0.6) is 0 Å². The number of carbonyl (C=O) groups is 3. The number of hydrazine groups is 1.